The van der Waals surface area contributed by atoms with Gasteiger partial charge in [0.25, 0.3) is 5.91 Å². The average Bonchev–Trinajstić information content (AvgIpc) is 2.50. The zero-order valence-corrected chi connectivity index (χ0v) is 17.3. The summed E-state index contributed by atoms with van der Waals surface area (Å²) >= 11 is 2.20. The molecule has 0 radical (unpaired) electrons. The lowest BCUT2D eigenvalue weighted by atomic mass is 10.2. The van der Waals surface area contributed by atoms with E-state index < -0.39 is 5.60 Å². The second-order valence-corrected chi connectivity index (χ2v) is 8.35. The van der Waals surface area contributed by atoms with E-state index in [1.54, 1.807) is 9.80 Å². The molecule has 1 heterocycles. The Bertz CT molecular complexity index is 630. The minimum atomic E-state index is -0.523. The molecular formula is C18H25IN2O4. The number of rotatable bonds is 3. The van der Waals surface area contributed by atoms with Crippen LogP contribution in [0.15, 0.2) is 24.3 Å². The third-order valence-corrected chi connectivity index (χ3v) is 4.44. The molecule has 1 saturated heterocycles. The lowest BCUT2D eigenvalue weighted by molar-refractivity contribution is -0.136. The van der Waals surface area contributed by atoms with Crippen LogP contribution in [0.3, 0.4) is 0 Å². The molecule has 1 unspecified atom stereocenters. The Kier molecular flexibility index (Phi) is 6.53. The van der Waals surface area contributed by atoms with Crippen molar-refractivity contribution < 1.29 is 19.1 Å². The molecule has 1 fully saturated rings. The zero-order chi connectivity index (χ0) is 18.6. The molecule has 6 nitrogen and oxygen atoms in total. The topological polar surface area (TPSA) is 59.1 Å². The van der Waals surface area contributed by atoms with Crippen LogP contribution in [0.25, 0.3) is 0 Å². The molecule has 0 bridgehead atoms. The quantitative estimate of drug-likeness (QED) is 0.651. The van der Waals surface area contributed by atoms with Gasteiger partial charge in [-0.2, -0.15) is 0 Å². The van der Waals surface area contributed by atoms with Crippen molar-refractivity contribution in [1.29, 1.82) is 0 Å². The Morgan fingerprint density at radius 1 is 1.28 bits per heavy atom. The highest BCUT2D eigenvalue weighted by atomic mass is 127. The number of hydrogen-bond donors (Lipinski definition) is 0. The molecule has 0 spiro atoms. The molecule has 25 heavy (non-hydrogen) atoms. The minimum absolute atomic E-state index is 0.000743. The first-order valence-electron chi connectivity index (χ1n) is 8.31. The Balaban J connectivity index is 1.85. The van der Waals surface area contributed by atoms with Gasteiger partial charge in [-0.05, 0) is 68.5 Å². The van der Waals surface area contributed by atoms with Crippen LogP contribution in [-0.2, 0) is 9.53 Å². The van der Waals surface area contributed by atoms with Crippen molar-refractivity contribution in [2.75, 3.05) is 26.2 Å². The summed E-state index contributed by atoms with van der Waals surface area (Å²) in [6.07, 6.45) is -0.331. The predicted molar refractivity (Wildman–Crippen MR) is 104 cm³/mol. The van der Waals surface area contributed by atoms with Crippen LogP contribution in [0.4, 0.5) is 4.79 Å². The maximum atomic E-state index is 12.4. The molecule has 2 amide bonds. The molecule has 138 valence electrons. The molecule has 1 atom stereocenters. The molecule has 1 aromatic carbocycles. The van der Waals surface area contributed by atoms with Crippen molar-refractivity contribution in [3.05, 3.63) is 27.8 Å². The minimum Gasteiger partial charge on any atom is -0.484 e. The lowest BCUT2D eigenvalue weighted by Crippen LogP contribution is -2.56. The Morgan fingerprint density at radius 3 is 2.60 bits per heavy atom. The fraction of sp³-hybridized carbons (Fsp3) is 0.556. The molecule has 0 aromatic heterocycles. The van der Waals surface area contributed by atoms with Gasteiger partial charge < -0.3 is 19.3 Å². The molecule has 7 heteroatoms. The summed E-state index contributed by atoms with van der Waals surface area (Å²) in [6.45, 7) is 8.88. The molecule has 0 saturated carbocycles. The van der Waals surface area contributed by atoms with Gasteiger partial charge in [0, 0.05) is 29.2 Å². The van der Waals surface area contributed by atoms with Gasteiger partial charge in [-0.3, -0.25) is 4.79 Å². The van der Waals surface area contributed by atoms with Gasteiger partial charge in [0.05, 0.1) is 0 Å². The number of halogens is 1. The Hall–Kier alpha value is -1.51. The normalized spacial score (nSPS) is 18.0. The van der Waals surface area contributed by atoms with Crippen LogP contribution in [0.1, 0.15) is 27.7 Å². The van der Waals surface area contributed by atoms with E-state index in [0.29, 0.717) is 25.4 Å². The van der Waals surface area contributed by atoms with Crippen molar-refractivity contribution in [2.45, 2.75) is 39.3 Å². The van der Waals surface area contributed by atoms with Gasteiger partial charge >= 0.3 is 6.09 Å². The summed E-state index contributed by atoms with van der Waals surface area (Å²) in [5.41, 5.74) is -0.523. The molecule has 0 aliphatic carbocycles. The first kappa shape index (κ1) is 19.8. The molecule has 1 aliphatic heterocycles. The summed E-state index contributed by atoms with van der Waals surface area (Å²) in [6, 6.07) is 7.48. The van der Waals surface area contributed by atoms with Crippen LogP contribution in [-0.4, -0.2) is 59.7 Å². The number of piperazine rings is 1. The fourth-order valence-corrected chi connectivity index (χ4v) is 3.08. The van der Waals surface area contributed by atoms with Crippen LogP contribution >= 0.6 is 22.6 Å². The first-order chi connectivity index (χ1) is 11.7. The van der Waals surface area contributed by atoms with E-state index in [4.69, 9.17) is 9.47 Å². The third-order valence-electron chi connectivity index (χ3n) is 3.77. The average molecular weight is 460 g/mol. The second-order valence-electron chi connectivity index (χ2n) is 7.11. The highest BCUT2D eigenvalue weighted by Crippen LogP contribution is 2.17. The smallest absolute Gasteiger partial charge is 0.410 e. The van der Waals surface area contributed by atoms with Crippen LogP contribution < -0.4 is 4.74 Å². The Labute approximate surface area is 162 Å². The molecular weight excluding hydrogens is 435 g/mol. The fourth-order valence-electron chi connectivity index (χ4n) is 2.57. The van der Waals surface area contributed by atoms with E-state index in [9.17, 15) is 9.59 Å². The molecule has 1 aromatic rings. The second kappa shape index (κ2) is 8.25. The van der Waals surface area contributed by atoms with Gasteiger partial charge in [0.15, 0.2) is 6.61 Å². The van der Waals surface area contributed by atoms with Gasteiger partial charge in [-0.1, -0.05) is 6.07 Å². The van der Waals surface area contributed by atoms with Crippen molar-refractivity contribution >= 4 is 34.6 Å². The summed E-state index contributed by atoms with van der Waals surface area (Å²) in [5.74, 6) is 0.607. The van der Waals surface area contributed by atoms with E-state index in [-0.39, 0.29) is 24.6 Å². The van der Waals surface area contributed by atoms with E-state index >= 15 is 0 Å². The summed E-state index contributed by atoms with van der Waals surface area (Å²) in [4.78, 5) is 28.0. The summed E-state index contributed by atoms with van der Waals surface area (Å²) in [7, 11) is 0. The van der Waals surface area contributed by atoms with E-state index in [1.807, 2.05) is 52.0 Å². The maximum Gasteiger partial charge on any atom is 0.410 e. The van der Waals surface area contributed by atoms with Crippen molar-refractivity contribution in [3.8, 4) is 5.75 Å². The molecule has 0 N–H and O–H groups in total. The number of nitrogens with zero attached hydrogens (tertiary/aromatic N) is 2. The van der Waals surface area contributed by atoms with E-state index in [1.165, 1.54) is 0 Å². The SMILES string of the molecule is CC1CN(C(=O)COc2cccc(I)c2)CCN1C(=O)OC(C)(C)C. The van der Waals surface area contributed by atoms with Crippen LogP contribution in [0.2, 0.25) is 0 Å². The third kappa shape index (κ3) is 6.05. The predicted octanol–water partition coefficient (Wildman–Crippen LogP) is 3.14. The van der Waals surface area contributed by atoms with Crippen molar-refractivity contribution in [2.24, 2.45) is 0 Å². The maximum absolute atomic E-state index is 12.4. The number of ether oxygens (including phenoxy) is 2. The molecule has 2 rings (SSSR count). The van der Waals surface area contributed by atoms with Crippen LogP contribution in [0.5, 0.6) is 5.75 Å². The number of benzene rings is 1. The number of hydrogen-bond acceptors (Lipinski definition) is 4. The molecule has 1 aliphatic rings. The number of carbonyl (C=O) groups excluding carboxylic acids is 2. The van der Waals surface area contributed by atoms with Crippen molar-refractivity contribution in [1.82, 2.24) is 9.80 Å². The highest BCUT2D eigenvalue weighted by Gasteiger charge is 2.32. The number of carbonyl (C=O) groups is 2. The summed E-state index contributed by atoms with van der Waals surface area (Å²) < 4.78 is 12.1. The van der Waals surface area contributed by atoms with Crippen molar-refractivity contribution in [3.63, 3.8) is 0 Å². The summed E-state index contributed by atoms with van der Waals surface area (Å²) in [5, 5.41) is 0. The lowest BCUT2D eigenvalue weighted by Gasteiger charge is -2.40. The van der Waals surface area contributed by atoms with Gasteiger partial charge in [0.1, 0.15) is 11.4 Å². The van der Waals surface area contributed by atoms with E-state index in [0.717, 1.165) is 3.57 Å². The van der Waals surface area contributed by atoms with Gasteiger partial charge in [0.2, 0.25) is 0 Å². The Morgan fingerprint density at radius 2 is 2.00 bits per heavy atom. The largest absolute Gasteiger partial charge is 0.484 e. The monoisotopic (exact) mass is 460 g/mol. The van der Waals surface area contributed by atoms with E-state index in [2.05, 4.69) is 22.6 Å². The van der Waals surface area contributed by atoms with Gasteiger partial charge in [-0.15, -0.1) is 0 Å². The van der Waals surface area contributed by atoms with Crippen LogP contribution in [0, 0.1) is 3.57 Å². The zero-order valence-electron chi connectivity index (χ0n) is 15.1. The number of amides is 2. The standard InChI is InChI=1S/C18H25IN2O4/c1-13-11-20(8-9-21(13)17(23)25-18(2,3)4)16(22)12-24-15-7-5-6-14(19)10-15/h5-7,10,13H,8-9,11-12H2,1-4H3. The highest BCUT2D eigenvalue weighted by molar-refractivity contribution is 14.1. The first-order valence-corrected chi connectivity index (χ1v) is 9.39. The van der Waals surface area contributed by atoms with Gasteiger partial charge in [-0.25, -0.2) is 4.79 Å².